The van der Waals surface area contributed by atoms with E-state index in [2.05, 4.69) is 41.7 Å². The Morgan fingerprint density at radius 1 is 0.917 bits per heavy atom. The van der Waals surface area contributed by atoms with Gasteiger partial charge < -0.3 is 14.8 Å². The van der Waals surface area contributed by atoms with Crippen molar-refractivity contribution in [2.45, 2.75) is 44.2 Å². The molecule has 1 aliphatic carbocycles. The molecule has 6 rings (SSSR count). The molecule has 3 heteroatoms. The van der Waals surface area contributed by atoms with Crippen LogP contribution in [0.1, 0.15) is 29.5 Å². The first-order valence-corrected chi connectivity index (χ1v) is 9.06. The summed E-state index contributed by atoms with van der Waals surface area (Å²) in [5.74, 6) is 2.49. The first-order valence-electron chi connectivity index (χ1n) is 9.06. The molecule has 1 fully saturated rings. The highest BCUT2D eigenvalue weighted by Gasteiger charge is 2.33. The van der Waals surface area contributed by atoms with E-state index >= 15 is 0 Å². The second-order valence-electron chi connectivity index (χ2n) is 7.38. The Morgan fingerprint density at radius 2 is 1.75 bits per heavy atom. The number of rotatable bonds is 2. The first-order chi connectivity index (χ1) is 11.8. The van der Waals surface area contributed by atoms with E-state index in [1.165, 1.54) is 31.2 Å². The molecule has 3 aliphatic heterocycles. The first kappa shape index (κ1) is 14.4. The van der Waals surface area contributed by atoms with Gasteiger partial charge in [-0.2, -0.15) is 0 Å². The van der Waals surface area contributed by atoms with Crippen LogP contribution in [0.3, 0.4) is 0 Å². The van der Waals surface area contributed by atoms with Gasteiger partial charge in [0, 0.05) is 12.1 Å². The number of fused-ring (bicyclic) bond motifs is 3. The number of hydrogen-bond acceptors (Lipinski definition) is 3. The minimum atomic E-state index is 0.349. The van der Waals surface area contributed by atoms with Crippen molar-refractivity contribution in [1.29, 1.82) is 0 Å². The maximum atomic E-state index is 5.54. The lowest BCUT2D eigenvalue weighted by molar-refractivity contribution is 0.174. The Labute approximate surface area is 143 Å². The van der Waals surface area contributed by atoms with Crippen molar-refractivity contribution in [3.8, 4) is 11.5 Å². The third-order valence-corrected chi connectivity index (χ3v) is 5.86. The molecular formula is C21H23NO2. The Morgan fingerprint density at radius 3 is 2.67 bits per heavy atom. The summed E-state index contributed by atoms with van der Waals surface area (Å²) in [5.41, 5.74) is 4.45. The van der Waals surface area contributed by atoms with Gasteiger partial charge in [-0.15, -0.1) is 0 Å². The molecular weight excluding hydrogens is 298 g/mol. The molecule has 0 unspecified atom stereocenters. The van der Waals surface area contributed by atoms with Crippen LogP contribution in [0.15, 0.2) is 42.5 Å². The van der Waals surface area contributed by atoms with E-state index < -0.39 is 0 Å². The largest absolute Gasteiger partial charge is 0.454 e. The van der Waals surface area contributed by atoms with Crippen LogP contribution >= 0.6 is 0 Å². The molecule has 4 aliphatic rings. The maximum absolute atomic E-state index is 5.54. The fraction of sp³-hybridized carbons (Fsp3) is 0.429. The second-order valence-corrected chi connectivity index (χ2v) is 7.38. The Kier molecular flexibility index (Phi) is 3.48. The molecule has 0 amide bonds. The van der Waals surface area contributed by atoms with Gasteiger partial charge in [0.1, 0.15) is 0 Å². The van der Waals surface area contributed by atoms with E-state index in [-0.39, 0.29) is 0 Å². The van der Waals surface area contributed by atoms with Crippen LogP contribution in [0.4, 0.5) is 0 Å². The van der Waals surface area contributed by atoms with Crippen molar-refractivity contribution < 1.29 is 9.47 Å². The zero-order chi connectivity index (χ0) is 15.9. The van der Waals surface area contributed by atoms with Gasteiger partial charge in [0.05, 0.1) is 0 Å². The average molecular weight is 321 g/mol. The highest BCUT2D eigenvalue weighted by molar-refractivity contribution is 5.44. The molecule has 1 saturated heterocycles. The summed E-state index contributed by atoms with van der Waals surface area (Å²) in [6.45, 7) is 0.349. The van der Waals surface area contributed by atoms with Crippen LogP contribution in [-0.2, 0) is 19.3 Å². The lowest BCUT2D eigenvalue weighted by Gasteiger charge is -2.41. The van der Waals surface area contributed by atoms with Crippen LogP contribution in [-0.4, -0.2) is 18.9 Å². The summed E-state index contributed by atoms with van der Waals surface area (Å²) in [7, 11) is 0. The van der Waals surface area contributed by atoms with Crippen LogP contribution in [0, 0.1) is 5.92 Å². The third kappa shape index (κ3) is 2.57. The summed E-state index contributed by atoms with van der Waals surface area (Å²) in [6, 6.07) is 16.6. The highest BCUT2D eigenvalue weighted by atomic mass is 16.7. The predicted molar refractivity (Wildman–Crippen MR) is 93.6 cm³/mol. The Balaban J connectivity index is 1.39. The van der Waals surface area contributed by atoms with E-state index in [4.69, 9.17) is 9.47 Å². The number of piperidine rings is 1. The van der Waals surface area contributed by atoms with Crippen molar-refractivity contribution in [3.63, 3.8) is 0 Å². The molecule has 2 aromatic rings. The van der Waals surface area contributed by atoms with Crippen molar-refractivity contribution in [3.05, 3.63) is 59.2 Å². The molecule has 3 heterocycles. The van der Waals surface area contributed by atoms with E-state index in [0.717, 1.165) is 17.9 Å². The third-order valence-electron chi connectivity index (χ3n) is 5.86. The highest BCUT2D eigenvalue weighted by Crippen LogP contribution is 2.35. The van der Waals surface area contributed by atoms with Gasteiger partial charge in [-0.05, 0) is 66.8 Å². The number of ether oxygens (including phenoxy) is 2. The zero-order valence-electron chi connectivity index (χ0n) is 13.8. The number of nitrogens with one attached hydrogen (secondary N) is 1. The average Bonchev–Trinajstić information content (AvgIpc) is 3.03. The van der Waals surface area contributed by atoms with Crippen LogP contribution in [0.25, 0.3) is 0 Å². The van der Waals surface area contributed by atoms with Gasteiger partial charge in [0.2, 0.25) is 6.79 Å². The monoisotopic (exact) mass is 321 g/mol. The summed E-state index contributed by atoms with van der Waals surface area (Å²) < 4.78 is 11.0. The SMILES string of the molecule is c1ccc2c(c1)C[C@H]1CC[C@@H](C2)[C@@H](Cc2ccc3c(c2)OCO3)N1. The molecule has 2 aromatic carbocycles. The fourth-order valence-electron chi connectivity index (χ4n) is 4.60. The van der Waals surface area contributed by atoms with E-state index in [9.17, 15) is 0 Å². The summed E-state index contributed by atoms with van der Waals surface area (Å²) in [4.78, 5) is 0. The molecule has 124 valence electrons. The van der Waals surface area contributed by atoms with Crippen LogP contribution in [0.2, 0.25) is 0 Å². The standard InChI is InChI=1S/C21H23NO2/c1-2-4-16-12-18-7-6-17(11-15(16)3-1)19(22-18)9-14-5-8-20-21(10-14)24-13-23-20/h1-5,8,10,17-19,22H,6-7,9,11-13H2/t17-,18+,19+/m0/s1. The van der Waals surface area contributed by atoms with Gasteiger partial charge in [-0.3, -0.25) is 0 Å². The predicted octanol–water partition coefficient (Wildman–Crippen LogP) is 3.49. The number of benzene rings is 2. The van der Waals surface area contributed by atoms with Gasteiger partial charge in [-0.25, -0.2) is 0 Å². The van der Waals surface area contributed by atoms with Gasteiger partial charge in [0.25, 0.3) is 0 Å². The maximum Gasteiger partial charge on any atom is 0.231 e. The van der Waals surface area contributed by atoms with E-state index in [1.807, 2.05) is 6.07 Å². The van der Waals surface area contributed by atoms with Crippen LogP contribution < -0.4 is 14.8 Å². The molecule has 0 spiro atoms. The van der Waals surface area contributed by atoms with Gasteiger partial charge >= 0.3 is 0 Å². The molecule has 0 saturated carbocycles. The minimum Gasteiger partial charge on any atom is -0.454 e. The fourth-order valence-corrected chi connectivity index (χ4v) is 4.60. The van der Waals surface area contributed by atoms with Crippen LogP contribution in [0.5, 0.6) is 11.5 Å². The lowest BCUT2D eigenvalue weighted by atomic mass is 9.75. The van der Waals surface area contributed by atoms with E-state index in [0.29, 0.717) is 24.8 Å². The second kappa shape index (κ2) is 5.82. The molecule has 3 atom stereocenters. The topological polar surface area (TPSA) is 30.5 Å². The quantitative estimate of drug-likeness (QED) is 0.918. The van der Waals surface area contributed by atoms with Gasteiger partial charge in [0.15, 0.2) is 11.5 Å². The smallest absolute Gasteiger partial charge is 0.231 e. The molecule has 0 aromatic heterocycles. The normalized spacial score (nSPS) is 27.4. The molecule has 2 bridgehead atoms. The van der Waals surface area contributed by atoms with Crippen molar-refractivity contribution in [2.75, 3.05) is 6.79 Å². The summed E-state index contributed by atoms with van der Waals surface area (Å²) >= 11 is 0. The van der Waals surface area contributed by atoms with Crippen molar-refractivity contribution in [1.82, 2.24) is 5.32 Å². The van der Waals surface area contributed by atoms with Crippen molar-refractivity contribution in [2.24, 2.45) is 5.92 Å². The summed E-state index contributed by atoms with van der Waals surface area (Å²) in [5, 5.41) is 3.94. The number of hydrogen-bond donors (Lipinski definition) is 1. The Bertz CT molecular complexity index is 757. The summed E-state index contributed by atoms with van der Waals surface area (Å²) in [6.07, 6.45) is 6.07. The molecule has 0 radical (unpaired) electrons. The van der Waals surface area contributed by atoms with E-state index in [1.54, 1.807) is 11.1 Å². The zero-order valence-corrected chi connectivity index (χ0v) is 13.8. The molecule has 24 heavy (non-hydrogen) atoms. The minimum absolute atomic E-state index is 0.349. The van der Waals surface area contributed by atoms with Gasteiger partial charge in [-0.1, -0.05) is 30.3 Å². The lowest BCUT2D eigenvalue weighted by Crippen LogP contribution is -2.51. The molecule has 3 nitrogen and oxygen atoms in total. The Hall–Kier alpha value is -2.00. The molecule has 1 N–H and O–H groups in total. The van der Waals surface area contributed by atoms with Crippen molar-refractivity contribution >= 4 is 0 Å².